The van der Waals surface area contributed by atoms with Crippen LogP contribution >= 0.6 is 0 Å². The summed E-state index contributed by atoms with van der Waals surface area (Å²) >= 11 is 0. The van der Waals surface area contributed by atoms with Crippen molar-refractivity contribution in [2.75, 3.05) is 5.73 Å². The van der Waals surface area contributed by atoms with E-state index < -0.39 is 0 Å². The number of aromatic nitrogens is 3. The molecule has 3 aromatic rings. The van der Waals surface area contributed by atoms with Crippen LogP contribution in [0.3, 0.4) is 0 Å². The number of hydrogen-bond donors (Lipinski definition) is 1. The van der Waals surface area contributed by atoms with Gasteiger partial charge in [0.05, 0.1) is 5.56 Å². The molecule has 0 saturated carbocycles. The number of rotatable bonds is 2. The van der Waals surface area contributed by atoms with E-state index in [2.05, 4.69) is 10.1 Å². The highest BCUT2D eigenvalue weighted by Gasteiger charge is 2.20. The minimum Gasteiger partial charge on any atom is -0.466 e. The van der Waals surface area contributed by atoms with Crippen molar-refractivity contribution < 1.29 is 4.42 Å². The van der Waals surface area contributed by atoms with Gasteiger partial charge in [0.25, 0.3) is 0 Å². The van der Waals surface area contributed by atoms with Gasteiger partial charge in [-0.3, -0.25) is 9.67 Å². The van der Waals surface area contributed by atoms with Crippen molar-refractivity contribution in [1.82, 2.24) is 14.8 Å². The van der Waals surface area contributed by atoms with E-state index in [0.717, 1.165) is 33.9 Å². The molecule has 0 atom stereocenters. The van der Waals surface area contributed by atoms with Crippen LogP contribution in [-0.2, 0) is 7.05 Å². The van der Waals surface area contributed by atoms with E-state index >= 15 is 0 Å². The smallest absolute Gasteiger partial charge is 0.129 e. The Balaban J connectivity index is 2.28. The number of nitrogens with zero attached hydrogens (tertiary/aromatic N) is 3. The van der Waals surface area contributed by atoms with Crippen LogP contribution < -0.4 is 5.73 Å². The number of nitrogen functional groups attached to an aromatic ring is 1. The fourth-order valence-electron chi connectivity index (χ4n) is 2.39. The lowest BCUT2D eigenvalue weighted by molar-refractivity contribution is 0.505. The lowest BCUT2D eigenvalue weighted by Crippen LogP contribution is -1.98. The highest BCUT2D eigenvalue weighted by molar-refractivity contribution is 5.88. The van der Waals surface area contributed by atoms with Gasteiger partial charge in [-0.1, -0.05) is 6.07 Å². The third kappa shape index (κ3) is 1.87. The van der Waals surface area contributed by atoms with E-state index in [4.69, 9.17) is 10.2 Å². The summed E-state index contributed by atoms with van der Waals surface area (Å²) in [5.41, 5.74) is 9.81. The van der Waals surface area contributed by atoms with Crippen LogP contribution in [0.2, 0.25) is 0 Å². The summed E-state index contributed by atoms with van der Waals surface area (Å²) in [6.45, 7) is 3.85. The number of pyridine rings is 1. The molecule has 3 heterocycles. The molecule has 0 aromatic carbocycles. The molecule has 0 aliphatic rings. The maximum Gasteiger partial charge on any atom is 0.129 e. The minimum atomic E-state index is 0.617. The Labute approximate surface area is 117 Å². The van der Waals surface area contributed by atoms with Crippen LogP contribution in [0.15, 0.2) is 35.0 Å². The Morgan fingerprint density at radius 1 is 1.30 bits per heavy atom. The van der Waals surface area contributed by atoms with Crippen molar-refractivity contribution in [2.24, 2.45) is 7.05 Å². The quantitative estimate of drug-likeness (QED) is 0.775. The van der Waals surface area contributed by atoms with Gasteiger partial charge in [-0.25, -0.2) is 0 Å². The average Bonchev–Trinajstić information content (AvgIpc) is 2.91. The second-order valence-corrected chi connectivity index (χ2v) is 4.80. The van der Waals surface area contributed by atoms with Gasteiger partial charge in [-0.2, -0.15) is 5.10 Å². The third-order valence-corrected chi connectivity index (χ3v) is 3.34. The Morgan fingerprint density at radius 2 is 2.10 bits per heavy atom. The van der Waals surface area contributed by atoms with Crippen molar-refractivity contribution in [2.45, 2.75) is 13.8 Å². The molecule has 0 amide bonds. The Morgan fingerprint density at radius 3 is 2.70 bits per heavy atom. The van der Waals surface area contributed by atoms with Gasteiger partial charge in [0.2, 0.25) is 0 Å². The molecule has 2 N–H and O–H groups in total. The first-order chi connectivity index (χ1) is 9.58. The molecule has 3 aromatic heterocycles. The van der Waals surface area contributed by atoms with Crippen LogP contribution in [0.4, 0.5) is 5.82 Å². The summed E-state index contributed by atoms with van der Waals surface area (Å²) in [5.74, 6) is 2.32. The summed E-state index contributed by atoms with van der Waals surface area (Å²) < 4.78 is 7.28. The fourth-order valence-corrected chi connectivity index (χ4v) is 2.39. The topological polar surface area (TPSA) is 69.9 Å². The van der Waals surface area contributed by atoms with E-state index in [-0.39, 0.29) is 0 Å². The van der Waals surface area contributed by atoms with Crippen LogP contribution in [0.5, 0.6) is 0 Å². The molecule has 0 fully saturated rings. The molecule has 0 aliphatic heterocycles. The van der Waals surface area contributed by atoms with Crippen LogP contribution in [-0.4, -0.2) is 14.8 Å². The van der Waals surface area contributed by atoms with Gasteiger partial charge in [0.15, 0.2) is 0 Å². The first kappa shape index (κ1) is 12.5. The SMILES string of the molecule is Cc1cc(-c2nn(C)c(N)c2-c2cccnc2)c(C)o1. The first-order valence-electron chi connectivity index (χ1n) is 6.38. The van der Waals surface area contributed by atoms with Gasteiger partial charge >= 0.3 is 0 Å². The van der Waals surface area contributed by atoms with Crippen molar-refractivity contribution in [3.8, 4) is 22.4 Å². The maximum absolute atomic E-state index is 6.17. The maximum atomic E-state index is 6.17. The molecule has 0 bridgehead atoms. The highest BCUT2D eigenvalue weighted by Crippen LogP contribution is 2.37. The predicted molar refractivity (Wildman–Crippen MR) is 78.0 cm³/mol. The van der Waals surface area contributed by atoms with Gasteiger partial charge in [0.1, 0.15) is 23.0 Å². The van der Waals surface area contributed by atoms with E-state index in [9.17, 15) is 0 Å². The average molecular weight is 268 g/mol. The second kappa shape index (κ2) is 4.52. The lowest BCUT2D eigenvalue weighted by atomic mass is 10.0. The van der Waals surface area contributed by atoms with E-state index in [1.165, 1.54) is 0 Å². The monoisotopic (exact) mass is 268 g/mol. The van der Waals surface area contributed by atoms with Gasteiger partial charge in [-0.05, 0) is 26.0 Å². The van der Waals surface area contributed by atoms with Crippen LogP contribution in [0.25, 0.3) is 22.4 Å². The second-order valence-electron chi connectivity index (χ2n) is 4.80. The predicted octanol–water partition coefficient (Wildman–Crippen LogP) is 2.94. The van der Waals surface area contributed by atoms with Crippen molar-refractivity contribution >= 4 is 5.82 Å². The number of anilines is 1. The number of furan rings is 1. The third-order valence-electron chi connectivity index (χ3n) is 3.34. The largest absolute Gasteiger partial charge is 0.466 e. The normalized spacial score (nSPS) is 10.9. The highest BCUT2D eigenvalue weighted by atomic mass is 16.3. The summed E-state index contributed by atoms with van der Waals surface area (Å²) in [7, 11) is 1.83. The van der Waals surface area contributed by atoms with E-state index in [1.54, 1.807) is 17.1 Å². The molecule has 0 saturated heterocycles. The Kier molecular flexibility index (Phi) is 2.82. The van der Waals surface area contributed by atoms with E-state index in [1.807, 2.05) is 39.1 Å². The number of aryl methyl sites for hydroxylation is 3. The molecule has 5 nitrogen and oxygen atoms in total. The lowest BCUT2D eigenvalue weighted by Gasteiger charge is -2.02. The van der Waals surface area contributed by atoms with Crippen LogP contribution in [0, 0.1) is 13.8 Å². The van der Waals surface area contributed by atoms with Crippen molar-refractivity contribution in [3.63, 3.8) is 0 Å². The molecule has 0 spiro atoms. The molecule has 5 heteroatoms. The molecule has 3 rings (SSSR count). The molecule has 0 unspecified atom stereocenters. The zero-order valence-corrected chi connectivity index (χ0v) is 11.7. The molecule has 20 heavy (non-hydrogen) atoms. The first-order valence-corrected chi connectivity index (χ1v) is 6.38. The van der Waals surface area contributed by atoms with E-state index in [0.29, 0.717) is 5.82 Å². The molecule has 0 aliphatic carbocycles. The van der Waals surface area contributed by atoms with Gasteiger partial charge < -0.3 is 10.2 Å². The molecular weight excluding hydrogens is 252 g/mol. The molecular formula is C15H16N4O. The summed E-state index contributed by atoms with van der Waals surface area (Å²) in [4.78, 5) is 4.16. The zero-order chi connectivity index (χ0) is 14.3. The Hall–Kier alpha value is -2.56. The van der Waals surface area contributed by atoms with Gasteiger partial charge in [0, 0.05) is 30.6 Å². The minimum absolute atomic E-state index is 0.617. The Bertz CT molecular complexity index is 756. The van der Waals surface area contributed by atoms with Gasteiger partial charge in [-0.15, -0.1) is 0 Å². The standard InChI is InChI=1S/C15H16N4O/c1-9-7-12(10(2)20-9)14-13(15(16)19(3)18-14)11-5-4-6-17-8-11/h4-8H,16H2,1-3H3. The molecule has 102 valence electrons. The number of hydrogen-bond acceptors (Lipinski definition) is 4. The summed E-state index contributed by atoms with van der Waals surface area (Å²) in [6, 6.07) is 5.85. The fraction of sp³-hybridized carbons (Fsp3) is 0.200. The van der Waals surface area contributed by atoms with Crippen molar-refractivity contribution in [1.29, 1.82) is 0 Å². The summed E-state index contributed by atoms with van der Waals surface area (Å²) in [6.07, 6.45) is 3.53. The van der Waals surface area contributed by atoms with Crippen molar-refractivity contribution in [3.05, 3.63) is 42.1 Å². The molecule has 0 radical (unpaired) electrons. The zero-order valence-electron chi connectivity index (χ0n) is 11.7. The van der Waals surface area contributed by atoms with Crippen LogP contribution in [0.1, 0.15) is 11.5 Å². The summed E-state index contributed by atoms with van der Waals surface area (Å²) in [5, 5.41) is 4.53. The number of nitrogens with two attached hydrogens (primary N) is 1.